The number of sulfonamides is 1. The lowest BCUT2D eigenvalue weighted by Crippen LogP contribution is -2.44. The minimum atomic E-state index is -3.64. The molecule has 1 unspecified atom stereocenters. The Morgan fingerprint density at radius 1 is 1.50 bits per heavy atom. The molecule has 0 bridgehead atoms. The molecule has 100 valence electrons. The Kier molecular flexibility index (Phi) is 4.05. The van der Waals surface area contributed by atoms with Crippen molar-refractivity contribution in [3.8, 4) is 0 Å². The van der Waals surface area contributed by atoms with Crippen LogP contribution in [-0.4, -0.2) is 38.5 Å². The average molecular weight is 338 g/mol. The summed E-state index contributed by atoms with van der Waals surface area (Å²) in [7, 11) is -3.64. The number of nitrogens with zero attached hydrogens (tertiary/aromatic N) is 1. The van der Waals surface area contributed by atoms with Crippen LogP contribution in [0.3, 0.4) is 0 Å². The van der Waals surface area contributed by atoms with Gasteiger partial charge in [0.05, 0.1) is 22.1 Å². The highest BCUT2D eigenvalue weighted by Gasteiger charge is 2.29. The Hall–Kier alpha value is -0.500. The number of benzene rings is 1. The van der Waals surface area contributed by atoms with Crippen LogP contribution < -0.4 is 0 Å². The van der Waals surface area contributed by atoms with E-state index in [1.54, 1.807) is 0 Å². The third-order valence-corrected chi connectivity index (χ3v) is 5.24. The summed E-state index contributed by atoms with van der Waals surface area (Å²) in [5.41, 5.74) is 0. The molecule has 0 amide bonds. The van der Waals surface area contributed by atoms with E-state index < -0.39 is 15.8 Å². The van der Waals surface area contributed by atoms with Crippen LogP contribution in [0, 0.1) is 5.82 Å². The molecule has 1 aliphatic heterocycles. The monoisotopic (exact) mass is 337 g/mol. The molecule has 0 spiro atoms. The summed E-state index contributed by atoms with van der Waals surface area (Å²) in [4.78, 5) is -0.0303. The van der Waals surface area contributed by atoms with Crippen molar-refractivity contribution in [1.29, 1.82) is 0 Å². The van der Waals surface area contributed by atoms with Crippen LogP contribution in [0.5, 0.6) is 0 Å². The predicted octanol–water partition coefficient (Wildman–Crippen LogP) is 2.00. The highest BCUT2D eigenvalue weighted by molar-refractivity contribution is 9.10. The van der Waals surface area contributed by atoms with Crippen molar-refractivity contribution in [1.82, 2.24) is 4.31 Å². The maximum absolute atomic E-state index is 13.4. The fraction of sp³-hybridized carbons (Fsp3) is 0.455. The SMILES string of the molecule is CC1CN(S(=O)(=O)c2ccc(Br)c(F)c2)CCO1. The molecule has 7 heteroatoms. The molecule has 1 heterocycles. The van der Waals surface area contributed by atoms with Crippen molar-refractivity contribution in [3.05, 3.63) is 28.5 Å². The Bertz CT molecular complexity index is 549. The summed E-state index contributed by atoms with van der Waals surface area (Å²) in [5, 5.41) is 0. The van der Waals surface area contributed by atoms with Gasteiger partial charge >= 0.3 is 0 Å². The fourth-order valence-electron chi connectivity index (χ4n) is 1.79. The molecule has 1 atom stereocenters. The van der Waals surface area contributed by atoms with Gasteiger partial charge in [0.2, 0.25) is 10.0 Å². The third kappa shape index (κ3) is 2.74. The Labute approximate surface area is 114 Å². The Morgan fingerprint density at radius 2 is 2.22 bits per heavy atom. The molecule has 0 aromatic heterocycles. The molecular weight excluding hydrogens is 325 g/mol. The molecule has 0 N–H and O–H groups in total. The van der Waals surface area contributed by atoms with E-state index in [9.17, 15) is 12.8 Å². The van der Waals surface area contributed by atoms with E-state index in [-0.39, 0.29) is 15.5 Å². The van der Waals surface area contributed by atoms with Crippen LogP contribution in [-0.2, 0) is 14.8 Å². The average Bonchev–Trinajstić information content (AvgIpc) is 2.32. The van der Waals surface area contributed by atoms with Crippen molar-refractivity contribution >= 4 is 26.0 Å². The number of hydrogen-bond acceptors (Lipinski definition) is 3. The number of halogens is 2. The number of morpholine rings is 1. The van der Waals surface area contributed by atoms with E-state index in [0.29, 0.717) is 19.7 Å². The minimum absolute atomic E-state index is 0.0303. The number of ether oxygens (including phenoxy) is 1. The molecule has 1 fully saturated rings. The van der Waals surface area contributed by atoms with E-state index >= 15 is 0 Å². The van der Waals surface area contributed by atoms with Gasteiger partial charge in [0.25, 0.3) is 0 Å². The molecule has 18 heavy (non-hydrogen) atoms. The molecule has 1 aromatic rings. The maximum atomic E-state index is 13.4. The van der Waals surface area contributed by atoms with Crippen LogP contribution in [0.4, 0.5) is 4.39 Å². The van der Waals surface area contributed by atoms with Crippen molar-refractivity contribution in [3.63, 3.8) is 0 Å². The van der Waals surface area contributed by atoms with Gasteiger partial charge in [-0.05, 0) is 41.1 Å². The van der Waals surface area contributed by atoms with Gasteiger partial charge in [-0.25, -0.2) is 12.8 Å². The third-order valence-electron chi connectivity index (χ3n) is 2.73. The fourth-order valence-corrected chi connectivity index (χ4v) is 3.55. The molecule has 0 aliphatic carbocycles. The highest BCUT2D eigenvalue weighted by atomic mass is 79.9. The first kappa shape index (κ1) is 13.9. The Balaban J connectivity index is 2.32. The second-order valence-electron chi connectivity index (χ2n) is 4.12. The number of rotatable bonds is 2. The minimum Gasteiger partial charge on any atom is -0.376 e. The Morgan fingerprint density at radius 3 is 2.83 bits per heavy atom. The zero-order chi connectivity index (χ0) is 13.3. The summed E-state index contributed by atoms with van der Waals surface area (Å²) in [5.74, 6) is -0.586. The molecule has 1 saturated heterocycles. The van der Waals surface area contributed by atoms with E-state index in [4.69, 9.17) is 4.74 Å². The largest absolute Gasteiger partial charge is 0.376 e. The topological polar surface area (TPSA) is 46.6 Å². The maximum Gasteiger partial charge on any atom is 0.243 e. The second-order valence-corrected chi connectivity index (χ2v) is 6.91. The molecule has 0 radical (unpaired) electrons. The lowest BCUT2D eigenvalue weighted by Gasteiger charge is -2.30. The highest BCUT2D eigenvalue weighted by Crippen LogP contribution is 2.23. The zero-order valence-corrected chi connectivity index (χ0v) is 12.2. The van der Waals surface area contributed by atoms with Crippen molar-refractivity contribution in [2.45, 2.75) is 17.9 Å². The van der Waals surface area contributed by atoms with Crippen molar-refractivity contribution < 1.29 is 17.5 Å². The van der Waals surface area contributed by atoms with Gasteiger partial charge in [0, 0.05) is 13.1 Å². The molecule has 2 rings (SSSR count). The summed E-state index contributed by atoms with van der Waals surface area (Å²) >= 11 is 3.00. The van der Waals surface area contributed by atoms with E-state index in [1.165, 1.54) is 16.4 Å². The summed E-state index contributed by atoms with van der Waals surface area (Å²) in [6.07, 6.45) is -0.145. The van der Waals surface area contributed by atoms with Crippen LogP contribution in [0.1, 0.15) is 6.92 Å². The van der Waals surface area contributed by atoms with Gasteiger partial charge in [-0.15, -0.1) is 0 Å². The van der Waals surface area contributed by atoms with Crippen molar-refractivity contribution in [2.75, 3.05) is 19.7 Å². The van der Waals surface area contributed by atoms with Crippen LogP contribution in [0.15, 0.2) is 27.6 Å². The summed E-state index contributed by atoms with van der Waals surface area (Å²) < 4.78 is 44.8. The van der Waals surface area contributed by atoms with Gasteiger partial charge in [0.1, 0.15) is 5.82 Å². The lowest BCUT2D eigenvalue weighted by molar-refractivity contribution is 0.0102. The van der Waals surface area contributed by atoms with Gasteiger partial charge in [-0.2, -0.15) is 4.31 Å². The molecule has 4 nitrogen and oxygen atoms in total. The zero-order valence-electron chi connectivity index (χ0n) is 9.77. The predicted molar refractivity (Wildman–Crippen MR) is 68.3 cm³/mol. The normalized spacial score (nSPS) is 22.1. The number of hydrogen-bond donors (Lipinski definition) is 0. The first-order chi connectivity index (χ1) is 8.41. The van der Waals surface area contributed by atoms with Gasteiger partial charge in [-0.1, -0.05) is 0 Å². The van der Waals surface area contributed by atoms with Gasteiger partial charge in [0.15, 0.2) is 0 Å². The standard InChI is InChI=1S/C11H13BrFNO3S/c1-8-7-14(4-5-17-8)18(15,16)9-2-3-10(12)11(13)6-9/h2-3,6,8H,4-5,7H2,1H3. The molecule has 0 saturated carbocycles. The molecule has 1 aromatic carbocycles. The first-order valence-corrected chi connectivity index (χ1v) is 7.71. The second kappa shape index (κ2) is 5.24. The summed E-state index contributed by atoms with van der Waals surface area (Å²) in [6.45, 7) is 2.76. The molecular formula is C11H13BrFNO3S. The summed E-state index contributed by atoms with van der Waals surface area (Å²) in [6, 6.07) is 3.81. The van der Waals surface area contributed by atoms with Crippen LogP contribution in [0.25, 0.3) is 0 Å². The lowest BCUT2D eigenvalue weighted by atomic mass is 10.3. The molecule has 1 aliphatic rings. The van der Waals surface area contributed by atoms with E-state index in [1.807, 2.05) is 6.92 Å². The first-order valence-electron chi connectivity index (χ1n) is 5.48. The quantitative estimate of drug-likeness (QED) is 0.829. The van der Waals surface area contributed by atoms with E-state index in [2.05, 4.69) is 15.9 Å². The van der Waals surface area contributed by atoms with Crippen molar-refractivity contribution in [2.24, 2.45) is 0 Å². The smallest absolute Gasteiger partial charge is 0.243 e. The van der Waals surface area contributed by atoms with Crippen LogP contribution in [0.2, 0.25) is 0 Å². The van der Waals surface area contributed by atoms with E-state index in [0.717, 1.165) is 6.07 Å². The van der Waals surface area contributed by atoms with Gasteiger partial charge in [-0.3, -0.25) is 0 Å². The van der Waals surface area contributed by atoms with Gasteiger partial charge < -0.3 is 4.74 Å². The van der Waals surface area contributed by atoms with Crippen LogP contribution >= 0.6 is 15.9 Å².